The zero-order valence-corrected chi connectivity index (χ0v) is 19.3. The molecule has 8 heteroatoms. The second-order valence-corrected chi connectivity index (χ2v) is 8.66. The Morgan fingerprint density at radius 3 is 2.50 bits per heavy atom. The molecule has 1 aliphatic carbocycles. The third kappa shape index (κ3) is 6.23. The van der Waals surface area contributed by atoms with Crippen molar-refractivity contribution in [3.8, 4) is 11.4 Å². The minimum atomic E-state index is -0.909. The van der Waals surface area contributed by atoms with Gasteiger partial charge in [-0.15, -0.1) is 0 Å². The largest absolute Gasteiger partial charge is 0.479 e. The van der Waals surface area contributed by atoms with Gasteiger partial charge in [-0.05, 0) is 30.4 Å². The first-order valence-corrected chi connectivity index (χ1v) is 11.4. The van der Waals surface area contributed by atoms with Crippen LogP contribution in [0.3, 0.4) is 0 Å². The number of ether oxygens (including phenoxy) is 2. The number of carboxylic acid groups (broad SMARTS) is 1. The second-order valence-electron chi connectivity index (χ2n) is 8.66. The van der Waals surface area contributed by atoms with Crippen LogP contribution in [-0.4, -0.2) is 32.8 Å². The number of anilines is 1. The molecule has 1 aliphatic rings. The first-order valence-electron chi connectivity index (χ1n) is 11.4. The number of hydrogen-bond acceptors (Lipinski definition) is 5. The molecule has 4 rings (SSSR count). The Kier molecular flexibility index (Phi) is 7.27. The quantitative estimate of drug-likeness (QED) is 0.430. The standard InChI is InChI=1S/C26H29N3O5/c1-17(20-6-4-3-5-7-20)34-26(32)28-23-15-29(2)24(27-23)21-12-10-19(11-13-21)16-33-22(25(30)31)14-18-8-9-18/h3-7,10-13,15,17-18,22H,8-9,14,16H2,1-2H3,(H,28,32)(H,30,31). The molecule has 2 unspecified atom stereocenters. The minimum absolute atomic E-state index is 0.239. The van der Waals surface area contributed by atoms with E-state index in [0.29, 0.717) is 24.0 Å². The zero-order chi connectivity index (χ0) is 24.1. The SMILES string of the molecule is CC(OC(=O)Nc1cn(C)c(-c2ccc(COC(CC3CC3)C(=O)O)cc2)n1)c1ccccc1. The van der Waals surface area contributed by atoms with Crippen molar-refractivity contribution in [2.75, 3.05) is 5.32 Å². The molecule has 3 aromatic rings. The first kappa shape index (κ1) is 23.5. The van der Waals surface area contributed by atoms with E-state index in [2.05, 4.69) is 10.3 Å². The summed E-state index contributed by atoms with van der Waals surface area (Å²) in [6.07, 6.45) is 2.74. The Hall–Kier alpha value is -3.65. The fourth-order valence-electron chi connectivity index (χ4n) is 3.72. The summed E-state index contributed by atoms with van der Waals surface area (Å²) in [5.74, 6) is 0.636. The highest BCUT2D eigenvalue weighted by Gasteiger charge is 2.29. The zero-order valence-electron chi connectivity index (χ0n) is 19.3. The maximum Gasteiger partial charge on any atom is 0.413 e. The average molecular weight is 464 g/mol. The number of nitrogens with zero attached hydrogens (tertiary/aromatic N) is 2. The Balaban J connectivity index is 1.34. The van der Waals surface area contributed by atoms with Gasteiger partial charge in [0, 0.05) is 18.8 Å². The van der Waals surface area contributed by atoms with E-state index in [1.807, 2.05) is 73.1 Å². The molecule has 1 saturated carbocycles. The van der Waals surface area contributed by atoms with Crippen LogP contribution >= 0.6 is 0 Å². The molecule has 1 heterocycles. The summed E-state index contributed by atoms with van der Waals surface area (Å²) in [5, 5.41) is 12.0. The summed E-state index contributed by atoms with van der Waals surface area (Å²) >= 11 is 0. The topological polar surface area (TPSA) is 103 Å². The number of carboxylic acids is 1. The molecule has 0 bridgehead atoms. The number of rotatable bonds is 10. The van der Waals surface area contributed by atoms with Gasteiger partial charge in [-0.2, -0.15) is 0 Å². The van der Waals surface area contributed by atoms with Gasteiger partial charge in [-0.3, -0.25) is 5.32 Å². The van der Waals surface area contributed by atoms with Crippen LogP contribution in [0.25, 0.3) is 11.4 Å². The van der Waals surface area contributed by atoms with Gasteiger partial charge in [-0.25, -0.2) is 14.6 Å². The van der Waals surface area contributed by atoms with Crippen molar-refractivity contribution in [3.63, 3.8) is 0 Å². The molecular formula is C26H29N3O5. The van der Waals surface area contributed by atoms with Gasteiger partial charge in [0.1, 0.15) is 11.9 Å². The third-order valence-electron chi connectivity index (χ3n) is 5.84. The van der Waals surface area contributed by atoms with Gasteiger partial charge < -0.3 is 19.1 Å². The second kappa shape index (κ2) is 10.5. The Labute approximate surface area is 198 Å². The van der Waals surface area contributed by atoms with E-state index < -0.39 is 18.2 Å². The number of imidazole rings is 1. The van der Waals surface area contributed by atoms with Crippen molar-refractivity contribution in [1.82, 2.24) is 9.55 Å². The predicted molar refractivity (Wildman–Crippen MR) is 127 cm³/mol. The minimum Gasteiger partial charge on any atom is -0.479 e. The molecule has 1 amide bonds. The molecule has 2 aromatic carbocycles. The number of amides is 1. The van der Waals surface area contributed by atoms with Crippen LogP contribution < -0.4 is 5.32 Å². The molecule has 2 atom stereocenters. The highest BCUT2D eigenvalue weighted by molar-refractivity contribution is 5.84. The van der Waals surface area contributed by atoms with Crippen molar-refractivity contribution in [1.29, 1.82) is 0 Å². The third-order valence-corrected chi connectivity index (χ3v) is 5.84. The van der Waals surface area contributed by atoms with Gasteiger partial charge in [0.25, 0.3) is 0 Å². The van der Waals surface area contributed by atoms with Gasteiger partial charge >= 0.3 is 12.1 Å². The lowest BCUT2D eigenvalue weighted by atomic mass is 10.1. The fourth-order valence-corrected chi connectivity index (χ4v) is 3.72. The normalized spacial score (nSPS) is 14.9. The van der Waals surface area contributed by atoms with E-state index in [-0.39, 0.29) is 12.7 Å². The molecule has 0 saturated heterocycles. The van der Waals surface area contributed by atoms with Crippen LogP contribution in [0.15, 0.2) is 60.8 Å². The van der Waals surface area contributed by atoms with Gasteiger partial charge in [0.05, 0.1) is 6.61 Å². The Morgan fingerprint density at radius 1 is 1.15 bits per heavy atom. The predicted octanol–water partition coefficient (Wildman–Crippen LogP) is 5.17. The van der Waals surface area contributed by atoms with Crippen LogP contribution in [0.1, 0.15) is 43.4 Å². The van der Waals surface area contributed by atoms with Crippen molar-refractivity contribution in [3.05, 3.63) is 71.9 Å². The van der Waals surface area contributed by atoms with E-state index in [9.17, 15) is 14.7 Å². The van der Waals surface area contributed by atoms with Gasteiger partial charge in [-0.1, -0.05) is 67.4 Å². The maximum absolute atomic E-state index is 12.3. The van der Waals surface area contributed by atoms with E-state index in [1.165, 1.54) is 0 Å². The lowest BCUT2D eigenvalue weighted by Gasteiger charge is -2.13. The highest BCUT2D eigenvalue weighted by Crippen LogP contribution is 2.34. The number of aryl methyl sites for hydroxylation is 1. The van der Waals surface area contributed by atoms with Crippen molar-refractivity contribution in [2.24, 2.45) is 13.0 Å². The molecule has 1 fully saturated rings. The molecule has 0 radical (unpaired) electrons. The van der Waals surface area contributed by atoms with Crippen LogP contribution in [0.5, 0.6) is 0 Å². The fraction of sp³-hybridized carbons (Fsp3) is 0.346. The number of carbonyl (C=O) groups excluding carboxylic acids is 1. The summed E-state index contributed by atoms with van der Waals surface area (Å²) in [6.45, 7) is 2.05. The number of benzene rings is 2. The molecule has 34 heavy (non-hydrogen) atoms. The Bertz CT molecular complexity index is 1120. The average Bonchev–Trinajstić information content (AvgIpc) is 3.58. The lowest BCUT2D eigenvalue weighted by molar-refractivity contribution is -0.152. The molecule has 2 N–H and O–H groups in total. The monoisotopic (exact) mass is 463 g/mol. The van der Waals surface area contributed by atoms with Crippen LogP contribution in [0.2, 0.25) is 0 Å². The number of aliphatic carboxylic acids is 1. The van der Waals surface area contributed by atoms with Crippen LogP contribution in [0.4, 0.5) is 10.6 Å². The summed E-state index contributed by atoms with van der Waals surface area (Å²) in [7, 11) is 1.85. The van der Waals surface area contributed by atoms with Gasteiger partial charge in [0.2, 0.25) is 0 Å². The summed E-state index contributed by atoms with van der Waals surface area (Å²) < 4.78 is 12.9. The summed E-state index contributed by atoms with van der Waals surface area (Å²) in [5.41, 5.74) is 2.65. The molecule has 0 spiro atoms. The maximum atomic E-state index is 12.3. The van der Waals surface area contributed by atoms with Crippen molar-refractivity contribution >= 4 is 17.9 Å². The number of hydrogen-bond donors (Lipinski definition) is 2. The number of nitrogens with one attached hydrogen (secondary N) is 1. The lowest BCUT2D eigenvalue weighted by Crippen LogP contribution is -2.24. The first-order chi connectivity index (χ1) is 16.4. The molecule has 178 valence electrons. The highest BCUT2D eigenvalue weighted by atomic mass is 16.6. The van der Waals surface area contributed by atoms with E-state index >= 15 is 0 Å². The van der Waals surface area contributed by atoms with Crippen molar-refractivity contribution in [2.45, 2.75) is 45.0 Å². The van der Waals surface area contributed by atoms with Gasteiger partial charge in [0.15, 0.2) is 11.9 Å². The van der Waals surface area contributed by atoms with E-state index in [0.717, 1.165) is 29.5 Å². The van der Waals surface area contributed by atoms with Crippen LogP contribution in [0, 0.1) is 5.92 Å². The summed E-state index contributed by atoms with van der Waals surface area (Å²) in [6, 6.07) is 17.1. The molecule has 1 aromatic heterocycles. The smallest absolute Gasteiger partial charge is 0.413 e. The number of aromatic nitrogens is 2. The molecule has 8 nitrogen and oxygen atoms in total. The van der Waals surface area contributed by atoms with Crippen LogP contribution in [-0.2, 0) is 27.9 Å². The van der Waals surface area contributed by atoms with E-state index in [4.69, 9.17) is 9.47 Å². The Morgan fingerprint density at radius 2 is 1.85 bits per heavy atom. The molecular weight excluding hydrogens is 434 g/mol. The molecule has 0 aliphatic heterocycles. The van der Waals surface area contributed by atoms with Crippen molar-refractivity contribution < 1.29 is 24.2 Å². The summed E-state index contributed by atoms with van der Waals surface area (Å²) in [4.78, 5) is 28.2. The van der Waals surface area contributed by atoms with E-state index in [1.54, 1.807) is 6.20 Å². The number of carbonyl (C=O) groups is 2.